The second kappa shape index (κ2) is 11.4. The molecule has 12 nitrogen and oxygen atoms in total. The number of aromatic nitrogens is 5. The molecule has 2 aromatic heterocycles. The third kappa shape index (κ3) is 5.68. The summed E-state index contributed by atoms with van der Waals surface area (Å²) in [5, 5.41) is 7.47. The fourth-order valence-electron chi connectivity index (χ4n) is 4.00. The van der Waals surface area contributed by atoms with Gasteiger partial charge in [-0.15, -0.1) is 10.2 Å². The van der Waals surface area contributed by atoms with Crippen LogP contribution in [0.5, 0.6) is 11.5 Å². The Morgan fingerprint density at radius 1 is 1.22 bits per heavy atom. The van der Waals surface area contributed by atoms with Crippen LogP contribution in [0.3, 0.4) is 0 Å². The van der Waals surface area contributed by atoms with Crippen molar-refractivity contribution in [1.29, 1.82) is 0 Å². The van der Waals surface area contributed by atoms with Crippen LogP contribution in [-0.4, -0.2) is 72.4 Å². The standard InChI is InChI=1S/C24H32N6O6S/c1-6-9-35-21(22-25-11-15(2)12-26-22)16(3)37(31,32)29-24-28-27-23-19-10-18(34-5)7-8-20(19)36-14-17(13-33-4)30(23)24/h7-8,10-12,16-17,21H,6,9,13-14H2,1-5H3,(H,28,29)/t16-,17+,21+/m0/s1. The lowest BCUT2D eigenvalue weighted by Crippen LogP contribution is -2.35. The van der Waals surface area contributed by atoms with Gasteiger partial charge < -0.3 is 18.9 Å². The quantitative estimate of drug-likeness (QED) is 0.392. The third-order valence-corrected chi connectivity index (χ3v) is 7.68. The lowest BCUT2D eigenvalue weighted by atomic mass is 10.1. The van der Waals surface area contributed by atoms with Crippen molar-refractivity contribution in [2.75, 3.05) is 38.8 Å². The minimum absolute atomic E-state index is 0.0437. The first kappa shape index (κ1) is 26.8. The molecule has 0 spiro atoms. The van der Waals surface area contributed by atoms with Gasteiger partial charge in [-0.1, -0.05) is 6.92 Å². The number of anilines is 1. The smallest absolute Gasteiger partial charge is 0.240 e. The van der Waals surface area contributed by atoms with Crippen molar-refractivity contribution < 1.29 is 27.4 Å². The van der Waals surface area contributed by atoms with Crippen LogP contribution in [0.1, 0.15) is 43.8 Å². The van der Waals surface area contributed by atoms with E-state index in [9.17, 15) is 8.42 Å². The maximum atomic E-state index is 13.6. The van der Waals surface area contributed by atoms with E-state index in [0.717, 1.165) is 5.56 Å². The highest BCUT2D eigenvalue weighted by molar-refractivity contribution is 7.93. The molecule has 0 bridgehead atoms. The predicted octanol–water partition coefficient (Wildman–Crippen LogP) is 2.93. The van der Waals surface area contributed by atoms with Crippen LogP contribution in [0.25, 0.3) is 11.4 Å². The summed E-state index contributed by atoms with van der Waals surface area (Å²) in [7, 11) is -0.903. The topological polar surface area (TPSA) is 140 Å². The number of sulfonamides is 1. The van der Waals surface area contributed by atoms with Gasteiger partial charge in [-0.2, -0.15) is 0 Å². The fourth-order valence-corrected chi connectivity index (χ4v) is 5.11. The average molecular weight is 533 g/mol. The van der Waals surface area contributed by atoms with Crippen molar-refractivity contribution in [3.05, 3.63) is 42.0 Å². The lowest BCUT2D eigenvalue weighted by Gasteiger charge is -2.24. The second-order valence-corrected chi connectivity index (χ2v) is 10.8. The van der Waals surface area contributed by atoms with Gasteiger partial charge >= 0.3 is 0 Å². The van der Waals surface area contributed by atoms with E-state index in [2.05, 4.69) is 24.9 Å². The van der Waals surface area contributed by atoms with E-state index in [1.165, 1.54) is 0 Å². The number of methoxy groups -OCH3 is 2. The maximum Gasteiger partial charge on any atom is 0.240 e. The fraction of sp³-hybridized carbons (Fsp3) is 0.500. The molecule has 3 heterocycles. The molecule has 0 saturated heterocycles. The van der Waals surface area contributed by atoms with E-state index in [-0.39, 0.29) is 19.2 Å². The average Bonchev–Trinajstić information content (AvgIpc) is 3.22. The largest absolute Gasteiger partial charge is 0.497 e. The lowest BCUT2D eigenvalue weighted by molar-refractivity contribution is 0.0466. The molecule has 1 aromatic carbocycles. The Labute approximate surface area is 216 Å². The first-order valence-electron chi connectivity index (χ1n) is 12.0. The number of nitrogens with zero attached hydrogens (tertiary/aromatic N) is 5. The molecule has 3 aromatic rings. The highest BCUT2D eigenvalue weighted by Gasteiger charge is 2.36. The van der Waals surface area contributed by atoms with E-state index in [1.807, 2.05) is 13.8 Å². The van der Waals surface area contributed by atoms with Gasteiger partial charge in [0.05, 0.1) is 25.3 Å². The van der Waals surface area contributed by atoms with Crippen LogP contribution in [-0.2, 0) is 19.5 Å². The van der Waals surface area contributed by atoms with Gasteiger partial charge in [-0.25, -0.2) is 18.4 Å². The summed E-state index contributed by atoms with van der Waals surface area (Å²) in [6.07, 6.45) is 3.10. The molecule has 0 unspecified atom stereocenters. The molecular weight excluding hydrogens is 500 g/mol. The van der Waals surface area contributed by atoms with Crippen LogP contribution in [0.2, 0.25) is 0 Å². The minimum Gasteiger partial charge on any atom is -0.497 e. The normalized spacial score (nSPS) is 16.6. The summed E-state index contributed by atoms with van der Waals surface area (Å²) in [6.45, 7) is 6.19. The molecular formula is C24H32N6O6S. The number of fused-ring (bicyclic) bond motifs is 3. The summed E-state index contributed by atoms with van der Waals surface area (Å²) < 4.78 is 54.2. The Kier molecular flexibility index (Phi) is 8.25. The van der Waals surface area contributed by atoms with Gasteiger partial charge in [0.2, 0.25) is 16.0 Å². The number of hydrogen-bond donors (Lipinski definition) is 1. The van der Waals surface area contributed by atoms with E-state index >= 15 is 0 Å². The van der Waals surface area contributed by atoms with Gasteiger partial charge in [0.1, 0.15) is 29.5 Å². The molecule has 13 heteroatoms. The van der Waals surface area contributed by atoms with E-state index in [0.29, 0.717) is 41.7 Å². The molecule has 4 rings (SSSR count). The minimum atomic E-state index is -4.03. The Hall–Kier alpha value is -3.29. The van der Waals surface area contributed by atoms with Crippen molar-refractivity contribution in [3.8, 4) is 22.9 Å². The summed E-state index contributed by atoms with van der Waals surface area (Å²) in [5.74, 6) is 1.96. The van der Waals surface area contributed by atoms with Crippen molar-refractivity contribution in [2.45, 2.75) is 44.6 Å². The summed E-state index contributed by atoms with van der Waals surface area (Å²) in [6, 6.07) is 4.94. The van der Waals surface area contributed by atoms with Crippen LogP contribution in [0.15, 0.2) is 30.6 Å². The summed E-state index contributed by atoms with van der Waals surface area (Å²) >= 11 is 0. The molecule has 1 aliphatic rings. The number of hydrogen-bond acceptors (Lipinski definition) is 10. The SMILES string of the molecule is CCCO[C@@H](c1ncc(C)cn1)[C@H](C)S(=O)(=O)Nc1nnc2n1[C@H](COC)COc1ccc(OC)cc1-2. The van der Waals surface area contributed by atoms with Crippen LogP contribution >= 0.6 is 0 Å². The third-order valence-electron chi connectivity index (χ3n) is 5.99. The summed E-state index contributed by atoms with van der Waals surface area (Å²) in [5.41, 5.74) is 1.49. The second-order valence-electron chi connectivity index (χ2n) is 8.76. The highest BCUT2D eigenvalue weighted by Crippen LogP contribution is 2.38. The zero-order chi connectivity index (χ0) is 26.6. The first-order chi connectivity index (χ1) is 17.8. The van der Waals surface area contributed by atoms with Crippen molar-refractivity contribution in [2.24, 2.45) is 0 Å². The molecule has 0 aliphatic carbocycles. The van der Waals surface area contributed by atoms with Crippen molar-refractivity contribution in [1.82, 2.24) is 24.7 Å². The van der Waals surface area contributed by atoms with Crippen molar-refractivity contribution in [3.63, 3.8) is 0 Å². The van der Waals surface area contributed by atoms with Crippen LogP contribution < -0.4 is 14.2 Å². The molecule has 37 heavy (non-hydrogen) atoms. The maximum absolute atomic E-state index is 13.6. The zero-order valence-electron chi connectivity index (χ0n) is 21.5. The summed E-state index contributed by atoms with van der Waals surface area (Å²) in [4.78, 5) is 8.63. The van der Waals surface area contributed by atoms with Crippen LogP contribution in [0, 0.1) is 6.92 Å². The number of nitrogens with one attached hydrogen (secondary N) is 1. The Bertz CT molecular complexity index is 1310. The van der Waals surface area contributed by atoms with E-state index in [4.69, 9.17) is 18.9 Å². The molecule has 1 aliphatic heterocycles. The Morgan fingerprint density at radius 3 is 2.65 bits per heavy atom. The Balaban J connectivity index is 1.71. The monoisotopic (exact) mass is 532 g/mol. The van der Waals surface area contributed by atoms with Gasteiger partial charge in [-0.05, 0) is 44.0 Å². The zero-order valence-corrected chi connectivity index (χ0v) is 22.4. The first-order valence-corrected chi connectivity index (χ1v) is 13.5. The van der Waals surface area contributed by atoms with Gasteiger partial charge in [0.25, 0.3) is 0 Å². The molecule has 0 amide bonds. The Morgan fingerprint density at radius 2 is 1.97 bits per heavy atom. The highest BCUT2D eigenvalue weighted by atomic mass is 32.2. The molecule has 3 atom stereocenters. The number of aryl methyl sites for hydroxylation is 1. The number of ether oxygens (including phenoxy) is 4. The van der Waals surface area contributed by atoms with Gasteiger partial charge in [0.15, 0.2) is 11.6 Å². The number of benzene rings is 1. The molecule has 1 N–H and O–H groups in total. The molecule has 0 saturated carbocycles. The molecule has 0 radical (unpaired) electrons. The molecule has 0 fully saturated rings. The van der Waals surface area contributed by atoms with E-state index < -0.39 is 27.4 Å². The molecule has 200 valence electrons. The van der Waals surface area contributed by atoms with Crippen molar-refractivity contribution >= 4 is 16.0 Å². The number of rotatable bonds is 11. The van der Waals surface area contributed by atoms with Gasteiger partial charge in [0, 0.05) is 26.1 Å². The predicted molar refractivity (Wildman–Crippen MR) is 136 cm³/mol. The van der Waals surface area contributed by atoms with Gasteiger partial charge in [-0.3, -0.25) is 9.29 Å². The van der Waals surface area contributed by atoms with Crippen LogP contribution in [0.4, 0.5) is 5.95 Å². The van der Waals surface area contributed by atoms with E-state index in [1.54, 1.807) is 56.3 Å².